The second kappa shape index (κ2) is 9.19. The number of nitrogens with zero attached hydrogens (tertiary/aromatic N) is 1. The van der Waals surface area contributed by atoms with E-state index in [0.29, 0.717) is 26.1 Å². The van der Waals surface area contributed by atoms with Crippen LogP contribution in [0.4, 0.5) is 4.39 Å². The van der Waals surface area contributed by atoms with E-state index in [0.717, 1.165) is 22.2 Å². The third-order valence-corrected chi connectivity index (χ3v) is 4.90. The van der Waals surface area contributed by atoms with Crippen molar-refractivity contribution in [1.29, 1.82) is 0 Å². The Labute approximate surface area is 164 Å². The first-order chi connectivity index (χ1) is 13.5. The summed E-state index contributed by atoms with van der Waals surface area (Å²) in [6.45, 7) is 3.32. The molecule has 2 aromatic carbocycles. The summed E-state index contributed by atoms with van der Waals surface area (Å²) in [6, 6.07) is 14.5. The third-order valence-electron chi connectivity index (χ3n) is 4.90. The Morgan fingerprint density at radius 3 is 2.68 bits per heavy atom. The number of ether oxygens (including phenoxy) is 1. The molecule has 150 valence electrons. The lowest BCUT2D eigenvalue weighted by atomic mass is 10.1. The van der Waals surface area contributed by atoms with Crippen molar-refractivity contribution in [3.63, 3.8) is 0 Å². The van der Waals surface area contributed by atoms with Gasteiger partial charge in [-0.15, -0.1) is 0 Å². The zero-order chi connectivity index (χ0) is 20.0. The first kappa shape index (κ1) is 20.3. The monoisotopic (exact) mass is 386 g/mol. The van der Waals surface area contributed by atoms with Crippen LogP contribution in [0.5, 0.6) is 5.75 Å². The van der Waals surface area contributed by atoms with E-state index >= 15 is 0 Å². The maximum absolute atomic E-state index is 13.2. The summed E-state index contributed by atoms with van der Waals surface area (Å²) < 4.78 is 21.2. The largest absolute Gasteiger partial charge is 0.493 e. The van der Waals surface area contributed by atoms with Crippen LogP contribution in [0.1, 0.15) is 12.5 Å². The number of aliphatic hydroxyl groups excluding tert-OH is 2. The van der Waals surface area contributed by atoms with E-state index in [9.17, 15) is 14.6 Å². The molecule has 0 aliphatic heterocycles. The molecule has 0 fully saturated rings. The van der Waals surface area contributed by atoms with Gasteiger partial charge in [-0.1, -0.05) is 12.1 Å². The Morgan fingerprint density at radius 2 is 1.93 bits per heavy atom. The summed E-state index contributed by atoms with van der Waals surface area (Å²) in [4.78, 5) is 0. The Balaban J connectivity index is 1.60. The lowest BCUT2D eigenvalue weighted by molar-refractivity contribution is 0.104. The molecule has 1 aromatic heterocycles. The van der Waals surface area contributed by atoms with E-state index < -0.39 is 5.54 Å². The van der Waals surface area contributed by atoms with Gasteiger partial charge in [-0.25, -0.2) is 4.39 Å². The minimum Gasteiger partial charge on any atom is -0.493 e. The van der Waals surface area contributed by atoms with Gasteiger partial charge in [0.05, 0.1) is 30.9 Å². The van der Waals surface area contributed by atoms with Gasteiger partial charge in [-0.2, -0.15) is 0 Å². The van der Waals surface area contributed by atoms with Gasteiger partial charge in [-0.05, 0) is 48.2 Å². The number of rotatable bonds is 10. The maximum atomic E-state index is 13.2. The smallest absolute Gasteiger partial charge is 0.123 e. The van der Waals surface area contributed by atoms with Gasteiger partial charge in [0.2, 0.25) is 0 Å². The molecule has 3 rings (SSSR count). The van der Waals surface area contributed by atoms with Crippen LogP contribution in [0.2, 0.25) is 0 Å². The number of fused-ring (bicyclic) bond motifs is 1. The van der Waals surface area contributed by atoms with Crippen LogP contribution in [-0.2, 0) is 13.0 Å². The predicted molar refractivity (Wildman–Crippen MR) is 108 cm³/mol. The summed E-state index contributed by atoms with van der Waals surface area (Å²) in [6.07, 6.45) is 2.65. The summed E-state index contributed by atoms with van der Waals surface area (Å²) in [5.41, 5.74) is 1.28. The molecular weight excluding hydrogens is 359 g/mol. The number of halogens is 1. The Hall–Kier alpha value is -2.41. The second-order valence-electron chi connectivity index (χ2n) is 7.26. The van der Waals surface area contributed by atoms with Crippen molar-refractivity contribution in [3.8, 4) is 5.75 Å². The van der Waals surface area contributed by atoms with Crippen LogP contribution in [-0.4, -0.2) is 46.7 Å². The van der Waals surface area contributed by atoms with Gasteiger partial charge in [0.15, 0.2) is 0 Å². The topological polar surface area (TPSA) is 66.7 Å². The average Bonchev–Trinajstić information content (AvgIpc) is 3.10. The Morgan fingerprint density at radius 1 is 1.11 bits per heavy atom. The van der Waals surface area contributed by atoms with Gasteiger partial charge in [0.1, 0.15) is 11.6 Å². The molecule has 0 aliphatic carbocycles. The van der Waals surface area contributed by atoms with E-state index in [1.165, 1.54) is 12.1 Å². The van der Waals surface area contributed by atoms with Gasteiger partial charge < -0.3 is 24.8 Å². The fourth-order valence-electron chi connectivity index (χ4n) is 3.07. The van der Waals surface area contributed by atoms with Crippen molar-refractivity contribution in [2.24, 2.45) is 0 Å². The fraction of sp³-hybridized carbons (Fsp3) is 0.364. The normalized spacial score (nSPS) is 11.9. The first-order valence-electron chi connectivity index (χ1n) is 9.46. The van der Waals surface area contributed by atoms with Crippen LogP contribution in [0, 0.1) is 5.82 Å². The van der Waals surface area contributed by atoms with E-state index in [2.05, 4.69) is 9.88 Å². The highest BCUT2D eigenvalue weighted by molar-refractivity contribution is 5.81. The molecule has 0 amide bonds. The first-order valence-corrected chi connectivity index (χ1v) is 9.46. The number of aromatic nitrogens is 1. The van der Waals surface area contributed by atoms with Crippen molar-refractivity contribution >= 4 is 10.9 Å². The summed E-state index contributed by atoms with van der Waals surface area (Å²) in [5.74, 6) is 0.538. The van der Waals surface area contributed by atoms with Crippen LogP contribution < -0.4 is 10.1 Å². The van der Waals surface area contributed by atoms with E-state index in [4.69, 9.17) is 4.74 Å². The summed E-state index contributed by atoms with van der Waals surface area (Å²) in [5, 5.41) is 23.0. The molecule has 0 atom stereocenters. The third kappa shape index (κ3) is 5.10. The van der Waals surface area contributed by atoms with Gasteiger partial charge in [0, 0.05) is 31.8 Å². The second-order valence-corrected chi connectivity index (χ2v) is 7.26. The van der Waals surface area contributed by atoms with Crippen LogP contribution in [0.25, 0.3) is 10.9 Å². The molecule has 0 saturated heterocycles. The minimum absolute atomic E-state index is 0.126. The molecule has 0 radical (unpaired) electrons. The molecular formula is C22H27FN2O3. The Kier molecular flexibility index (Phi) is 6.67. The molecule has 1 heterocycles. The SMILES string of the molecule is CC(CO)(CO)NCCn1ccc2ccc(OCCc3cccc(F)c3)cc21. The van der Waals surface area contributed by atoms with Crippen molar-refractivity contribution in [2.45, 2.75) is 25.4 Å². The zero-order valence-corrected chi connectivity index (χ0v) is 16.1. The van der Waals surface area contributed by atoms with Crippen molar-refractivity contribution in [1.82, 2.24) is 9.88 Å². The molecule has 0 spiro atoms. The molecule has 6 heteroatoms. The maximum Gasteiger partial charge on any atom is 0.123 e. The average molecular weight is 386 g/mol. The lowest BCUT2D eigenvalue weighted by Crippen LogP contribution is -2.49. The molecule has 5 nitrogen and oxygen atoms in total. The fourth-order valence-corrected chi connectivity index (χ4v) is 3.07. The lowest BCUT2D eigenvalue weighted by Gasteiger charge is -2.26. The molecule has 0 aliphatic rings. The molecule has 0 bridgehead atoms. The van der Waals surface area contributed by atoms with Gasteiger partial charge >= 0.3 is 0 Å². The highest BCUT2D eigenvalue weighted by Gasteiger charge is 2.20. The molecule has 0 unspecified atom stereocenters. The quantitative estimate of drug-likeness (QED) is 0.501. The van der Waals surface area contributed by atoms with Gasteiger partial charge in [-0.3, -0.25) is 0 Å². The standard InChI is InChI=1S/C22H27FN2O3/c1-22(15-26,16-27)24-9-11-25-10-7-18-5-6-20(14-21(18)25)28-12-8-17-3-2-4-19(23)13-17/h2-7,10,13-14,24,26-27H,8-9,11-12,15-16H2,1H3. The molecule has 28 heavy (non-hydrogen) atoms. The van der Waals surface area contributed by atoms with Crippen molar-refractivity contribution in [3.05, 3.63) is 66.1 Å². The number of aliphatic hydroxyl groups is 2. The molecule has 3 aromatic rings. The summed E-state index contributed by atoms with van der Waals surface area (Å²) >= 11 is 0. The van der Waals surface area contributed by atoms with Crippen LogP contribution in [0.15, 0.2) is 54.7 Å². The molecule has 0 saturated carbocycles. The number of nitrogens with one attached hydrogen (secondary N) is 1. The minimum atomic E-state index is -0.686. The predicted octanol–water partition coefficient (Wildman–Crippen LogP) is 2.73. The molecule has 3 N–H and O–H groups in total. The van der Waals surface area contributed by atoms with E-state index in [1.807, 2.05) is 36.5 Å². The summed E-state index contributed by atoms with van der Waals surface area (Å²) in [7, 11) is 0. The number of hydrogen-bond acceptors (Lipinski definition) is 4. The number of benzene rings is 2. The van der Waals surface area contributed by atoms with Crippen molar-refractivity contribution in [2.75, 3.05) is 26.4 Å². The number of hydrogen-bond donors (Lipinski definition) is 3. The van der Waals surface area contributed by atoms with E-state index in [1.54, 1.807) is 13.0 Å². The highest BCUT2D eigenvalue weighted by Crippen LogP contribution is 2.22. The zero-order valence-electron chi connectivity index (χ0n) is 16.1. The Bertz CT molecular complexity index is 906. The highest BCUT2D eigenvalue weighted by atomic mass is 19.1. The van der Waals surface area contributed by atoms with Crippen molar-refractivity contribution < 1.29 is 19.3 Å². The van der Waals surface area contributed by atoms with Crippen LogP contribution in [0.3, 0.4) is 0 Å². The van der Waals surface area contributed by atoms with Gasteiger partial charge in [0.25, 0.3) is 0 Å². The van der Waals surface area contributed by atoms with E-state index in [-0.39, 0.29) is 19.0 Å². The van der Waals surface area contributed by atoms with Crippen LogP contribution >= 0.6 is 0 Å².